The van der Waals surface area contributed by atoms with E-state index >= 15 is 0 Å². The quantitative estimate of drug-likeness (QED) is 0.740. The van der Waals surface area contributed by atoms with Crippen molar-refractivity contribution in [2.45, 2.75) is 6.92 Å². The Balaban J connectivity index is 1.56. The fourth-order valence-electron chi connectivity index (χ4n) is 3.66. The maximum absolute atomic E-state index is 11.7. The SMILES string of the molecule is C=CC(=O)N1CCN(c2ccc(-c3c(C)ccc4[nH]ncc34)cc2)CC1. The van der Waals surface area contributed by atoms with Crippen molar-refractivity contribution in [1.29, 1.82) is 0 Å². The van der Waals surface area contributed by atoms with Gasteiger partial charge in [-0.05, 0) is 47.9 Å². The predicted molar refractivity (Wildman–Crippen MR) is 105 cm³/mol. The molecule has 1 aliphatic rings. The molecule has 26 heavy (non-hydrogen) atoms. The highest BCUT2D eigenvalue weighted by molar-refractivity contribution is 5.96. The van der Waals surface area contributed by atoms with Crippen LogP contribution in [0.4, 0.5) is 5.69 Å². The van der Waals surface area contributed by atoms with Crippen LogP contribution in [0.3, 0.4) is 0 Å². The minimum Gasteiger partial charge on any atom is -0.368 e. The summed E-state index contributed by atoms with van der Waals surface area (Å²) in [6.45, 7) is 8.85. The summed E-state index contributed by atoms with van der Waals surface area (Å²) in [4.78, 5) is 15.9. The summed E-state index contributed by atoms with van der Waals surface area (Å²) in [6, 6.07) is 12.9. The standard InChI is InChI=1S/C21H22N4O/c1-3-20(26)25-12-10-24(11-13-25)17-7-5-16(6-8-17)21-15(2)4-9-19-18(21)14-22-23-19/h3-9,14H,1,10-13H2,2H3,(H,22,23). The van der Waals surface area contributed by atoms with Crippen LogP contribution in [-0.4, -0.2) is 47.2 Å². The van der Waals surface area contributed by atoms with Crippen molar-refractivity contribution in [1.82, 2.24) is 15.1 Å². The van der Waals surface area contributed by atoms with Crippen LogP contribution in [0.15, 0.2) is 55.3 Å². The van der Waals surface area contributed by atoms with E-state index < -0.39 is 0 Å². The molecule has 0 saturated carbocycles. The Bertz CT molecular complexity index is 950. The van der Waals surface area contributed by atoms with Crippen molar-refractivity contribution in [3.05, 3.63) is 60.8 Å². The zero-order valence-electron chi connectivity index (χ0n) is 14.9. The van der Waals surface area contributed by atoms with E-state index in [1.807, 2.05) is 11.1 Å². The number of nitrogens with one attached hydrogen (secondary N) is 1. The molecule has 1 aromatic heterocycles. The third kappa shape index (κ3) is 2.86. The lowest BCUT2D eigenvalue weighted by molar-refractivity contribution is -0.126. The van der Waals surface area contributed by atoms with Crippen LogP contribution in [0.2, 0.25) is 0 Å². The van der Waals surface area contributed by atoms with Crippen LogP contribution < -0.4 is 4.90 Å². The van der Waals surface area contributed by atoms with Gasteiger partial charge < -0.3 is 9.80 Å². The molecule has 0 unspecified atom stereocenters. The van der Waals surface area contributed by atoms with Gasteiger partial charge in [-0.25, -0.2) is 0 Å². The van der Waals surface area contributed by atoms with E-state index in [9.17, 15) is 4.79 Å². The molecule has 0 spiro atoms. The molecular weight excluding hydrogens is 324 g/mol. The molecule has 0 aliphatic carbocycles. The molecular formula is C21H22N4O. The predicted octanol–water partition coefficient (Wildman–Crippen LogP) is 3.37. The Morgan fingerprint density at radius 3 is 2.54 bits per heavy atom. The first-order valence-electron chi connectivity index (χ1n) is 8.87. The topological polar surface area (TPSA) is 52.2 Å². The molecule has 2 heterocycles. The Kier molecular flexibility index (Phi) is 4.21. The molecule has 1 N–H and O–H groups in total. The number of rotatable bonds is 3. The molecule has 5 heteroatoms. The van der Waals surface area contributed by atoms with Crippen molar-refractivity contribution in [2.24, 2.45) is 0 Å². The first-order chi connectivity index (χ1) is 12.7. The Labute approximate surface area is 152 Å². The largest absolute Gasteiger partial charge is 0.368 e. The number of nitrogens with zero attached hydrogens (tertiary/aromatic N) is 3. The number of aromatic nitrogens is 2. The molecule has 5 nitrogen and oxygen atoms in total. The second-order valence-corrected chi connectivity index (χ2v) is 6.65. The Morgan fingerprint density at radius 1 is 1.12 bits per heavy atom. The maximum Gasteiger partial charge on any atom is 0.246 e. The number of fused-ring (bicyclic) bond motifs is 1. The molecule has 4 rings (SSSR count). The lowest BCUT2D eigenvalue weighted by Gasteiger charge is -2.35. The van der Waals surface area contributed by atoms with Crippen molar-refractivity contribution in [3.8, 4) is 11.1 Å². The van der Waals surface area contributed by atoms with Crippen LogP contribution >= 0.6 is 0 Å². The number of benzene rings is 2. The smallest absolute Gasteiger partial charge is 0.246 e. The number of anilines is 1. The van der Waals surface area contributed by atoms with Crippen molar-refractivity contribution < 1.29 is 4.79 Å². The van der Waals surface area contributed by atoms with E-state index in [0.29, 0.717) is 0 Å². The van der Waals surface area contributed by atoms with Gasteiger partial charge in [0.15, 0.2) is 0 Å². The molecule has 0 radical (unpaired) electrons. The van der Waals surface area contributed by atoms with Crippen molar-refractivity contribution in [3.63, 3.8) is 0 Å². The Morgan fingerprint density at radius 2 is 1.85 bits per heavy atom. The van der Waals surface area contributed by atoms with Crippen molar-refractivity contribution in [2.75, 3.05) is 31.1 Å². The highest BCUT2D eigenvalue weighted by Crippen LogP contribution is 2.32. The Hall–Kier alpha value is -3.08. The number of amides is 1. The fraction of sp³-hybridized carbons (Fsp3) is 0.238. The average molecular weight is 346 g/mol. The molecule has 1 aliphatic heterocycles. The number of hydrogen-bond acceptors (Lipinski definition) is 3. The third-order valence-electron chi connectivity index (χ3n) is 5.12. The van der Waals surface area contributed by atoms with Crippen LogP contribution in [0, 0.1) is 6.92 Å². The van der Waals surface area contributed by atoms with Gasteiger partial charge >= 0.3 is 0 Å². The van der Waals surface area contributed by atoms with Crippen LogP contribution in [0.5, 0.6) is 0 Å². The highest BCUT2D eigenvalue weighted by Gasteiger charge is 2.19. The van der Waals surface area contributed by atoms with E-state index in [0.717, 1.165) is 37.1 Å². The van der Waals surface area contributed by atoms with Crippen LogP contribution in [0.1, 0.15) is 5.56 Å². The van der Waals surface area contributed by atoms with Gasteiger partial charge in [0.2, 0.25) is 5.91 Å². The number of hydrogen-bond donors (Lipinski definition) is 1. The lowest BCUT2D eigenvalue weighted by Crippen LogP contribution is -2.48. The zero-order chi connectivity index (χ0) is 18.1. The molecule has 1 saturated heterocycles. The monoisotopic (exact) mass is 346 g/mol. The van der Waals surface area contributed by atoms with E-state index in [1.54, 1.807) is 0 Å². The van der Waals surface area contributed by atoms with Gasteiger partial charge in [0.1, 0.15) is 0 Å². The summed E-state index contributed by atoms with van der Waals surface area (Å²) in [5, 5.41) is 8.36. The lowest BCUT2D eigenvalue weighted by atomic mass is 9.97. The van der Waals surface area contributed by atoms with Gasteiger partial charge in [0.25, 0.3) is 0 Å². The molecule has 0 bridgehead atoms. The van der Waals surface area contributed by atoms with Gasteiger partial charge in [0.05, 0.1) is 11.7 Å². The summed E-state index contributed by atoms with van der Waals surface area (Å²) in [5.74, 6) is 0.0173. The maximum atomic E-state index is 11.7. The van der Waals surface area contributed by atoms with Gasteiger partial charge in [0, 0.05) is 37.3 Å². The summed E-state index contributed by atoms with van der Waals surface area (Å²) in [5.41, 5.74) is 5.90. The van der Waals surface area contributed by atoms with E-state index in [-0.39, 0.29) is 5.91 Å². The van der Waals surface area contributed by atoms with Crippen LogP contribution in [0.25, 0.3) is 22.0 Å². The molecule has 3 aromatic rings. The second kappa shape index (κ2) is 6.67. The normalized spacial score (nSPS) is 14.7. The first-order valence-corrected chi connectivity index (χ1v) is 8.87. The summed E-state index contributed by atoms with van der Waals surface area (Å²) >= 11 is 0. The number of piperazine rings is 1. The first kappa shape index (κ1) is 16.4. The van der Waals surface area contributed by atoms with Gasteiger partial charge in [-0.15, -0.1) is 0 Å². The number of carbonyl (C=O) groups excluding carboxylic acids is 1. The third-order valence-corrected chi connectivity index (χ3v) is 5.12. The van der Waals surface area contributed by atoms with E-state index in [4.69, 9.17) is 0 Å². The minimum atomic E-state index is 0.0173. The van der Waals surface area contributed by atoms with E-state index in [2.05, 4.69) is 65.0 Å². The fourth-order valence-corrected chi connectivity index (χ4v) is 3.66. The number of carbonyl (C=O) groups is 1. The van der Waals surface area contributed by atoms with E-state index in [1.165, 1.54) is 28.5 Å². The molecule has 0 atom stereocenters. The molecule has 2 aromatic carbocycles. The van der Waals surface area contributed by atoms with Crippen molar-refractivity contribution >= 4 is 22.5 Å². The molecule has 1 fully saturated rings. The number of aromatic amines is 1. The number of aryl methyl sites for hydroxylation is 1. The molecule has 1 amide bonds. The summed E-state index contributed by atoms with van der Waals surface area (Å²) < 4.78 is 0. The van der Waals surface area contributed by atoms with Gasteiger partial charge in [-0.3, -0.25) is 9.89 Å². The minimum absolute atomic E-state index is 0.0173. The van der Waals surface area contributed by atoms with Gasteiger partial charge in [-0.1, -0.05) is 24.8 Å². The highest BCUT2D eigenvalue weighted by atomic mass is 16.2. The van der Waals surface area contributed by atoms with Gasteiger partial charge in [-0.2, -0.15) is 5.10 Å². The summed E-state index contributed by atoms with van der Waals surface area (Å²) in [7, 11) is 0. The number of H-pyrrole nitrogens is 1. The average Bonchev–Trinajstić information content (AvgIpc) is 3.16. The molecule has 132 valence electrons. The van der Waals surface area contributed by atoms with Crippen LogP contribution in [-0.2, 0) is 4.79 Å². The zero-order valence-corrected chi connectivity index (χ0v) is 14.9. The summed E-state index contributed by atoms with van der Waals surface area (Å²) in [6.07, 6.45) is 3.28. The second-order valence-electron chi connectivity index (χ2n) is 6.65.